The lowest BCUT2D eigenvalue weighted by Gasteiger charge is -2.34. The number of likely N-dealkylation sites (N-methyl/N-ethyl adjacent to an activating group) is 1. The Morgan fingerprint density at radius 2 is 2.10 bits per heavy atom. The molecule has 1 unspecified atom stereocenters. The van der Waals surface area contributed by atoms with Crippen molar-refractivity contribution in [2.75, 3.05) is 46.6 Å². The van der Waals surface area contributed by atoms with E-state index in [-0.39, 0.29) is 18.7 Å². The van der Waals surface area contributed by atoms with Crippen molar-refractivity contribution in [1.82, 2.24) is 25.3 Å². The van der Waals surface area contributed by atoms with Crippen LogP contribution in [0.25, 0.3) is 22.6 Å². The van der Waals surface area contributed by atoms with E-state index in [0.29, 0.717) is 63.1 Å². The Balaban J connectivity index is 1.66. The highest BCUT2D eigenvalue weighted by Gasteiger charge is 2.29. The number of nitrogens with zero attached hydrogens (tertiary/aromatic N) is 4. The summed E-state index contributed by atoms with van der Waals surface area (Å²) < 4.78 is 22.3. The molecule has 1 amide bonds. The van der Waals surface area contributed by atoms with Gasteiger partial charge in [-0.1, -0.05) is 17.3 Å². The molecule has 0 saturated carbocycles. The van der Waals surface area contributed by atoms with Crippen molar-refractivity contribution >= 4 is 6.09 Å². The fourth-order valence-corrected chi connectivity index (χ4v) is 4.86. The molecule has 2 atom stereocenters. The molecule has 1 aliphatic heterocycles. The summed E-state index contributed by atoms with van der Waals surface area (Å²) in [6.45, 7) is 9.94. The molecule has 4 rings (SSSR count). The minimum Gasteiger partial charge on any atom is -0.491 e. The first-order chi connectivity index (χ1) is 19.3. The van der Waals surface area contributed by atoms with Crippen LogP contribution in [0.15, 0.2) is 28.8 Å². The van der Waals surface area contributed by atoms with E-state index in [9.17, 15) is 9.90 Å². The van der Waals surface area contributed by atoms with Crippen LogP contribution in [0, 0.1) is 20.8 Å². The highest BCUT2D eigenvalue weighted by atomic mass is 16.6. The minimum atomic E-state index is -0.625. The molecule has 2 N–H and O–H groups in total. The first-order valence-corrected chi connectivity index (χ1v) is 13.7. The number of aryl methyl sites for hydroxylation is 3. The molecule has 2 aromatic heterocycles. The minimum absolute atomic E-state index is 0.117. The molecule has 0 radical (unpaired) electrons. The number of hydrogen-bond donors (Lipinski definition) is 2. The lowest BCUT2D eigenvalue weighted by Crippen LogP contribution is -2.49. The van der Waals surface area contributed by atoms with Gasteiger partial charge < -0.3 is 34.1 Å². The zero-order valence-electron chi connectivity index (χ0n) is 23.9. The summed E-state index contributed by atoms with van der Waals surface area (Å²) in [4.78, 5) is 24.2. The van der Waals surface area contributed by atoms with Gasteiger partial charge in [0.05, 0.1) is 42.8 Å². The second kappa shape index (κ2) is 13.7. The van der Waals surface area contributed by atoms with Crippen molar-refractivity contribution in [3.05, 3.63) is 47.0 Å². The number of nitrogens with one attached hydrogen (secondary N) is 1. The number of aromatic nitrogens is 3. The highest BCUT2D eigenvalue weighted by Crippen LogP contribution is 2.32. The van der Waals surface area contributed by atoms with Gasteiger partial charge in [-0.2, -0.15) is 0 Å². The van der Waals surface area contributed by atoms with Gasteiger partial charge >= 0.3 is 6.09 Å². The number of ether oxygens (including phenoxy) is 3. The zero-order chi connectivity index (χ0) is 28.6. The van der Waals surface area contributed by atoms with Gasteiger partial charge in [-0.3, -0.25) is 0 Å². The van der Waals surface area contributed by atoms with Crippen molar-refractivity contribution in [2.24, 2.45) is 0 Å². The fourth-order valence-electron chi connectivity index (χ4n) is 4.86. The molecular weight excluding hydrogens is 514 g/mol. The SMILES string of the molecule is CCOC(=O)N1CCOC[C@@H]1CCc1nc(-c2cccc(OCC(O)CNC)c2)nc(-c2c(C)noc2C)c1C. The second-order valence-corrected chi connectivity index (χ2v) is 9.88. The van der Waals surface area contributed by atoms with E-state index in [0.717, 1.165) is 33.8 Å². The third kappa shape index (κ3) is 6.96. The summed E-state index contributed by atoms with van der Waals surface area (Å²) in [6.07, 6.45) is 0.321. The predicted octanol–water partition coefficient (Wildman–Crippen LogP) is 3.47. The van der Waals surface area contributed by atoms with Gasteiger partial charge in [0.1, 0.15) is 24.2 Å². The van der Waals surface area contributed by atoms with Crippen LogP contribution >= 0.6 is 0 Å². The van der Waals surface area contributed by atoms with Gasteiger partial charge in [0.25, 0.3) is 0 Å². The summed E-state index contributed by atoms with van der Waals surface area (Å²) in [5.41, 5.74) is 4.93. The number of aliphatic hydroxyl groups is 1. The number of amides is 1. The fraction of sp³-hybridized carbons (Fsp3) is 0.517. The Hall–Kier alpha value is -3.54. The third-order valence-corrected chi connectivity index (χ3v) is 6.94. The van der Waals surface area contributed by atoms with Gasteiger partial charge in [0.2, 0.25) is 0 Å². The molecule has 0 aliphatic carbocycles. The van der Waals surface area contributed by atoms with Gasteiger partial charge in [0.15, 0.2) is 5.82 Å². The summed E-state index contributed by atoms with van der Waals surface area (Å²) >= 11 is 0. The van der Waals surface area contributed by atoms with Gasteiger partial charge in [-0.15, -0.1) is 0 Å². The topological polar surface area (TPSA) is 132 Å². The van der Waals surface area contributed by atoms with Crippen LogP contribution in [-0.4, -0.2) is 89.9 Å². The lowest BCUT2D eigenvalue weighted by molar-refractivity contribution is -0.0103. The standard InChI is InChI=1S/C29H39N5O6/c1-6-38-29(36)34-12-13-37-16-22(34)10-11-25-18(2)27(26-19(3)33-40-20(26)4)32-28(31-25)21-8-7-9-24(14-21)39-17-23(35)15-30-5/h7-9,14,22-23,30,35H,6,10-13,15-17H2,1-5H3/t22-,23?/m0/s1. The lowest BCUT2D eigenvalue weighted by atomic mass is 9.99. The molecule has 216 valence electrons. The Morgan fingerprint density at radius 1 is 1.27 bits per heavy atom. The molecule has 1 aliphatic rings. The summed E-state index contributed by atoms with van der Waals surface area (Å²) in [5, 5.41) is 17.1. The monoisotopic (exact) mass is 553 g/mol. The molecule has 40 heavy (non-hydrogen) atoms. The molecule has 3 heterocycles. The Morgan fingerprint density at radius 3 is 2.83 bits per heavy atom. The van der Waals surface area contributed by atoms with Crippen molar-refractivity contribution in [3.8, 4) is 28.4 Å². The van der Waals surface area contributed by atoms with E-state index < -0.39 is 6.10 Å². The van der Waals surface area contributed by atoms with Crippen LogP contribution < -0.4 is 10.1 Å². The molecule has 1 fully saturated rings. The second-order valence-electron chi connectivity index (χ2n) is 9.88. The van der Waals surface area contributed by atoms with Crippen LogP contribution in [0.4, 0.5) is 4.79 Å². The number of hydrogen-bond acceptors (Lipinski definition) is 10. The van der Waals surface area contributed by atoms with Crippen LogP contribution in [0.5, 0.6) is 5.75 Å². The first-order valence-electron chi connectivity index (χ1n) is 13.7. The summed E-state index contributed by atoms with van der Waals surface area (Å²) in [7, 11) is 1.78. The normalized spacial score (nSPS) is 16.1. The Kier molecular flexibility index (Phi) is 10.1. The Labute approximate surface area is 234 Å². The van der Waals surface area contributed by atoms with Gasteiger partial charge in [0, 0.05) is 24.3 Å². The number of benzene rings is 1. The zero-order valence-corrected chi connectivity index (χ0v) is 23.9. The maximum absolute atomic E-state index is 12.5. The van der Waals surface area contributed by atoms with Crippen molar-refractivity contribution < 1.29 is 28.6 Å². The van der Waals surface area contributed by atoms with E-state index in [1.54, 1.807) is 18.9 Å². The third-order valence-electron chi connectivity index (χ3n) is 6.94. The Bertz CT molecular complexity index is 1280. The molecule has 0 spiro atoms. The first kappa shape index (κ1) is 29.4. The number of morpholine rings is 1. The van der Waals surface area contributed by atoms with E-state index in [1.165, 1.54) is 0 Å². The van der Waals surface area contributed by atoms with E-state index in [2.05, 4.69) is 10.5 Å². The maximum Gasteiger partial charge on any atom is 0.410 e. The molecule has 3 aromatic rings. The molecule has 1 aromatic carbocycles. The average molecular weight is 554 g/mol. The molecule has 11 heteroatoms. The highest BCUT2D eigenvalue weighted by molar-refractivity contribution is 5.71. The van der Waals surface area contributed by atoms with Gasteiger partial charge in [-0.25, -0.2) is 14.8 Å². The van der Waals surface area contributed by atoms with Crippen LogP contribution in [0.2, 0.25) is 0 Å². The van der Waals surface area contributed by atoms with Crippen molar-refractivity contribution in [3.63, 3.8) is 0 Å². The number of rotatable bonds is 11. The van der Waals surface area contributed by atoms with Crippen LogP contribution in [0.3, 0.4) is 0 Å². The molecular formula is C29H39N5O6. The average Bonchev–Trinajstić information content (AvgIpc) is 3.29. The summed E-state index contributed by atoms with van der Waals surface area (Å²) in [6, 6.07) is 7.40. The number of carbonyl (C=O) groups excluding carboxylic acids is 1. The van der Waals surface area contributed by atoms with Crippen molar-refractivity contribution in [2.45, 2.75) is 52.7 Å². The molecule has 11 nitrogen and oxygen atoms in total. The smallest absolute Gasteiger partial charge is 0.410 e. The van der Waals surface area contributed by atoms with Gasteiger partial charge in [-0.05, 0) is 65.3 Å². The molecule has 0 bridgehead atoms. The quantitative estimate of drug-likeness (QED) is 0.364. The predicted molar refractivity (Wildman–Crippen MR) is 149 cm³/mol. The van der Waals surface area contributed by atoms with E-state index >= 15 is 0 Å². The number of aliphatic hydroxyl groups excluding tert-OH is 1. The molecule has 1 saturated heterocycles. The van der Waals surface area contributed by atoms with E-state index in [4.69, 9.17) is 28.7 Å². The van der Waals surface area contributed by atoms with Crippen LogP contribution in [-0.2, 0) is 15.9 Å². The maximum atomic E-state index is 12.5. The summed E-state index contributed by atoms with van der Waals surface area (Å²) in [5.74, 6) is 1.83. The largest absolute Gasteiger partial charge is 0.491 e. The van der Waals surface area contributed by atoms with Crippen molar-refractivity contribution in [1.29, 1.82) is 0 Å². The van der Waals surface area contributed by atoms with E-state index in [1.807, 2.05) is 45.0 Å². The van der Waals surface area contributed by atoms with Crippen LogP contribution in [0.1, 0.15) is 36.1 Å². The number of carbonyl (C=O) groups is 1.